The smallest absolute Gasteiger partial charge is 0.243 e. The van der Waals surface area contributed by atoms with Crippen molar-refractivity contribution in [3.8, 4) is 0 Å². The number of benzene rings is 2. The molecule has 0 radical (unpaired) electrons. The molecule has 2 aromatic rings. The monoisotopic (exact) mass is 315 g/mol. The first-order valence-electron chi connectivity index (χ1n) is 7.77. The second-order valence-electron chi connectivity index (χ2n) is 5.10. The van der Waals surface area contributed by atoms with Crippen LogP contribution >= 0.6 is 0 Å². The third-order valence-corrected chi connectivity index (χ3v) is 3.59. The fourth-order valence-electron chi connectivity index (χ4n) is 2.33. The summed E-state index contributed by atoms with van der Waals surface area (Å²) in [5.41, 5.74) is 2.17. The van der Waals surface area contributed by atoms with Crippen molar-refractivity contribution in [2.45, 2.75) is 13.8 Å². The Morgan fingerprint density at radius 2 is 1.70 bits per heavy atom. The van der Waals surface area contributed by atoms with Crippen molar-refractivity contribution in [2.24, 2.45) is 0 Å². The summed E-state index contributed by atoms with van der Waals surface area (Å²) in [7, 11) is 0. The van der Waals surface area contributed by atoms with E-state index in [1.54, 1.807) is 18.2 Å². The molecule has 0 aliphatic rings. The Labute approximate surface area is 136 Å². The summed E-state index contributed by atoms with van der Waals surface area (Å²) in [6, 6.07) is 14.0. The van der Waals surface area contributed by atoms with Gasteiger partial charge in [0.2, 0.25) is 5.91 Å². The highest BCUT2D eigenvalue weighted by Gasteiger charge is 2.06. The highest BCUT2D eigenvalue weighted by atomic mass is 19.1. The van der Waals surface area contributed by atoms with Gasteiger partial charge in [0.1, 0.15) is 5.82 Å². The molecule has 2 aromatic carbocycles. The van der Waals surface area contributed by atoms with E-state index in [9.17, 15) is 9.18 Å². The van der Waals surface area contributed by atoms with E-state index in [1.807, 2.05) is 24.3 Å². The summed E-state index contributed by atoms with van der Waals surface area (Å²) in [4.78, 5) is 14.1. The highest BCUT2D eigenvalue weighted by Crippen LogP contribution is 2.18. The summed E-state index contributed by atoms with van der Waals surface area (Å²) < 4.78 is 13.5. The lowest BCUT2D eigenvalue weighted by Crippen LogP contribution is -2.23. The van der Waals surface area contributed by atoms with E-state index in [4.69, 9.17) is 0 Å². The van der Waals surface area contributed by atoms with Crippen LogP contribution in [0, 0.1) is 5.82 Å². The molecule has 0 saturated carbocycles. The highest BCUT2D eigenvalue weighted by molar-refractivity contribution is 5.93. The van der Waals surface area contributed by atoms with E-state index < -0.39 is 0 Å². The Bertz CT molecular complexity index is 639. The second-order valence-corrected chi connectivity index (χ2v) is 5.10. The molecule has 0 unspecified atom stereocenters. The van der Waals surface area contributed by atoms with Gasteiger partial charge >= 0.3 is 0 Å². The van der Waals surface area contributed by atoms with Crippen LogP contribution in [0.1, 0.15) is 13.8 Å². The molecule has 0 aliphatic carbocycles. The molecule has 5 heteroatoms. The van der Waals surface area contributed by atoms with Crippen LogP contribution in [0.5, 0.6) is 0 Å². The first-order valence-corrected chi connectivity index (χ1v) is 7.77. The van der Waals surface area contributed by atoms with Gasteiger partial charge in [0.25, 0.3) is 0 Å². The number of nitrogens with one attached hydrogen (secondary N) is 2. The van der Waals surface area contributed by atoms with Gasteiger partial charge in [0.05, 0.1) is 12.2 Å². The lowest BCUT2D eigenvalue weighted by atomic mass is 10.2. The number of anilines is 3. The molecule has 1 amide bonds. The van der Waals surface area contributed by atoms with Crippen molar-refractivity contribution in [3.05, 3.63) is 54.3 Å². The van der Waals surface area contributed by atoms with E-state index >= 15 is 0 Å². The van der Waals surface area contributed by atoms with Crippen LogP contribution in [-0.4, -0.2) is 25.5 Å². The second kappa shape index (κ2) is 8.17. The topological polar surface area (TPSA) is 44.4 Å². The number of halogens is 1. The molecule has 0 aromatic heterocycles. The van der Waals surface area contributed by atoms with Crippen LogP contribution in [0.3, 0.4) is 0 Å². The molecule has 0 atom stereocenters. The predicted octanol–water partition coefficient (Wildman–Crippen LogP) is 3.72. The summed E-state index contributed by atoms with van der Waals surface area (Å²) in [6.07, 6.45) is 0. The number of para-hydroxylation sites is 1. The Morgan fingerprint density at radius 3 is 2.30 bits per heavy atom. The van der Waals surface area contributed by atoms with Crippen molar-refractivity contribution in [3.63, 3.8) is 0 Å². The molecule has 2 rings (SSSR count). The molecular formula is C18H22FN3O. The maximum atomic E-state index is 13.5. The molecule has 0 aliphatic heterocycles. The maximum Gasteiger partial charge on any atom is 0.243 e. The molecule has 2 N–H and O–H groups in total. The van der Waals surface area contributed by atoms with Crippen molar-refractivity contribution in [1.29, 1.82) is 0 Å². The number of nitrogens with zero attached hydrogens (tertiary/aromatic N) is 1. The number of carbonyl (C=O) groups excluding carboxylic acids is 1. The minimum atomic E-state index is -0.371. The minimum absolute atomic E-state index is 0.0126. The van der Waals surface area contributed by atoms with E-state index in [1.165, 1.54) is 6.07 Å². The fourth-order valence-corrected chi connectivity index (χ4v) is 2.33. The molecule has 4 nitrogen and oxygen atoms in total. The van der Waals surface area contributed by atoms with Gasteiger partial charge in [-0.3, -0.25) is 4.79 Å². The van der Waals surface area contributed by atoms with Crippen LogP contribution in [0.15, 0.2) is 48.5 Å². The van der Waals surface area contributed by atoms with Crippen LogP contribution in [0.25, 0.3) is 0 Å². The molecule has 23 heavy (non-hydrogen) atoms. The fraction of sp³-hybridized carbons (Fsp3) is 0.278. The third kappa shape index (κ3) is 4.71. The average Bonchev–Trinajstić information content (AvgIpc) is 2.57. The molecule has 0 saturated heterocycles. The van der Waals surface area contributed by atoms with E-state index in [2.05, 4.69) is 29.4 Å². The first kappa shape index (κ1) is 16.8. The normalized spacial score (nSPS) is 10.2. The third-order valence-electron chi connectivity index (χ3n) is 3.59. The molecular weight excluding hydrogens is 293 g/mol. The van der Waals surface area contributed by atoms with Gasteiger partial charge < -0.3 is 15.5 Å². The Morgan fingerprint density at radius 1 is 1.04 bits per heavy atom. The van der Waals surface area contributed by atoms with Gasteiger partial charge in [0.15, 0.2) is 0 Å². The Balaban J connectivity index is 1.89. The van der Waals surface area contributed by atoms with Gasteiger partial charge in [-0.1, -0.05) is 12.1 Å². The number of rotatable bonds is 7. The van der Waals surface area contributed by atoms with Crippen LogP contribution in [0.4, 0.5) is 21.5 Å². The van der Waals surface area contributed by atoms with E-state index in [-0.39, 0.29) is 18.3 Å². The number of amides is 1. The summed E-state index contributed by atoms with van der Waals surface area (Å²) in [6.45, 7) is 6.10. The van der Waals surface area contributed by atoms with Gasteiger partial charge in [-0.25, -0.2) is 4.39 Å². The zero-order valence-electron chi connectivity index (χ0n) is 13.5. The van der Waals surface area contributed by atoms with Crippen molar-refractivity contribution in [2.75, 3.05) is 35.2 Å². The standard InChI is InChI=1S/C18H22FN3O/c1-3-22(4-2)15-11-9-14(10-12-15)21-18(23)13-20-17-8-6-5-7-16(17)19/h5-12,20H,3-4,13H2,1-2H3,(H,21,23). The molecule has 0 fully saturated rings. The molecule has 0 bridgehead atoms. The summed E-state index contributed by atoms with van der Waals surface area (Å²) in [5, 5.41) is 5.58. The van der Waals surface area contributed by atoms with Crippen LogP contribution in [0.2, 0.25) is 0 Å². The minimum Gasteiger partial charge on any atom is -0.374 e. The van der Waals surface area contributed by atoms with Crippen molar-refractivity contribution in [1.82, 2.24) is 0 Å². The van der Waals surface area contributed by atoms with Crippen molar-refractivity contribution < 1.29 is 9.18 Å². The van der Waals surface area contributed by atoms with Crippen molar-refractivity contribution >= 4 is 23.0 Å². The summed E-state index contributed by atoms with van der Waals surface area (Å²) >= 11 is 0. The first-order chi connectivity index (χ1) is 11.1. The summed E-state index contributed by atoms with van der Waals surface area (Å²) in [5.74, 6) is -0.590. The van der Waals surface area contributed by atoms with Gasteiger partial charge in [-0.05, 0) is 50.2 Å². The van der Waals surface area contributed by atoms with Gasteiger partial charge in [-0.15, -0.1) is 0 Å². The SMILES string of the molecule is CCN(CC)c1ccc(NC(=O)CNc2ccccc2F)cc1. The van der Waals surface area contributed by atoms with Gasteiger partial charge in [0, 0.05) is 24.5 Å². The molecule has 122 valence electrons. The predicted molar refractivity (Wildman–Crippen MR) is 93.5 cm³/mol. The maximum absolute atomic E-state index is 13.5. The molecule has 0 spiro atoms. The Kier molecular flexibility index (Phi) is 5.97. The quantitative estimate of drug-likeness (QED) is 0.818. The number of carbonyl (C=O) groups is 1. The average molecular weight is 315 g/mol. The van der Waals surface area contributed by atoms with E-state index in [0.29, 0.717) is 5.69 Å². The Hall–Kier alpha value is -2.56. The van der Waals surface area contributed by atoms with E-state index in [0.717, 1.165) is 24.5 Å². The zero-order chi connectivity index (χ0) is 16.7. The van der Waals surface area contributed by atoms with Gasteiger partial charge in [-0.2, -0.15) is 0 Å². The van der Waals surface area contributed by atoms with Crippen LogP contribution < -0.4 is 15.5 Å². The lowest BCUT2D eigenvalue weighted by molar-refractivity contribution is -0.114. The zero-order valence-corrected chi connectivity index (χ0v) is 13.5. The van der Waals surface area contributed by atoms with Crippen LogP contribution in [-0.2, 0) is 4.79 Å². The molecule has 0 heterocycles. The number of hydrogen-bond acceptors (Lipinski definition) is 3. The lowest BCUT2D eigenvalue weighted by Gasteiger charge is -2.21. The number of hydrogen-bond donors (Lipinski definition) is 2. The largest absolute Gasteiger partial charge is 0.374 e.